The van der Waals surface area contributed by atoms with E-state index in [9.17, 15) is 9.59 Å². The molecule has 0 spiro atoms. The zero-order chi connectivity index (χ0) is 26.1. The third-order valence-electron chi connectivity index (χ3n) is 6.55. The van der Waals surface area contributed by atoms with Crippen LogP contribution >= 0.6 is 0 Å². The van der Waals surface area contributed by atoms with Gasteiger partial charge >= 0.3 is 220 Å². The minimum absolute atomic E-state index is 0.142. The van der Waals surface area contributed by atoms with E-state index >= 15 is 0 Å². The SMILES string of the molecule is CC(C)(C)C1=CC(=O)C(C(C)(C)C)=C([O][Sn]([c]2ccccc2)([c]2ccccc2)[c]2ccccc2)C1=O. The maximum atomic E-state index is 14.2. The number of hydrogen-bond donors (Lipinski definition) is 0. The molecule has 0 atom stereocenters. The van der Waals surface area contributed by atoms with Crippen molar-refractivity contribution in [3.8, 4) is 0 Å². The Morgan fingerprint density at radius 3 is 1.31 bits per heavy atom. The fourth-order valence-corrected chi connectivity index (χ4v) is 15.8. The summed E-state index contributed by atoms with van der Waals surface area (Å²) in [5.74, 6) is -0.112. The van der Waals surface area contributed by atoms with Crippen molar-refractivity contribution >= 4 is 41.1 Å². The molecule has 0 radical (unpaired) electrons. The number of rotatable bonds is 5. The van der Waals surface area contributed by atoms with E-state index in [-0.39, 0.29) is 17.3 Å². The van der Waals surface area contributed by atoms with E-state index in [2.05, 4.69) is 36.4 Å². The van der Waals surface area contributed by atoms with Crippen LogP contribution in [0.4, 0.5) is 0 Å². The van der Waals surface area contributed by atoms with Gasteiger partial charge < -0.3 is 0 Å². The van der Waals surface area contributed by atoms with Gasteiger partial charge in [-0.25, -0.2) is 0 Å². The first-order valence-corrected chi connectivity index (χ1v) is 17.8. The zero-order valence-corrected chi connectivity index (χ0v) is 24.8. The average Bonchev–Trinajstić information content (AvgIpc) is 2.84. The molecule has 0 unspecified atom stereocenters. The Hall–Kier alpha value is -2.92. The van der Waals surface area contributed by atoms with E-state index in [0.717, 1.165) is 10.7 Å². The number of hydrogen-bond acceptors (Lipinski definition) is 3. The van der Waals surface area contributed by atoms with Crippen LogP contribution < -0.4 is 10.7 Å². The topological polar surface area (TPSA) is 43.4 Å². The van der Waals surface area contributed by atoms with Crippen LogP contribution in [0, 0.1) is 10.8 Å². The second-order valence-corrected chi connectivity index (χ2v) is 20.8. The number of benzene rings is 3. The Bertz CT molecular complexity index is 1230. The van der Waals surface area contributed by atoms with Crippen molar-refractivity contribution in [2.75, 3.05) is 0 Å². The molecule has 0 bridgehead atoms. The standard InChI is InChI=1S/C14H20O3.3C6H5.Sn/c1-13(2,3)8-7-9(15)10(14(4,5)6)12(17)11(8)16;3*1-2-4-6-5-3-1;/h7,17H,1-6H3;3*1-5H;/q;;;;+1/p-1. The summed E-state index contributed by atoms with van der Waals surface area (Å²) < 4.78 is 10.5. The molecule has 184 valence electrons. The number of carbonyl (C=O) groups is 2. The van der Waals surface area contributed by atoms with Gasteiger partial charge in [-0.3, -0.25) is 0 Å². The summed E-state index contributed by atoms with van der Waals surface area (Å²) in [5, 5.41) is 0. The van der Waals surface area contributed by atoms with E-state index in [1.807, 2.05) is 96.1 Å². The van der Waals surface area contributed by atoms with Gasteiger partial charge in [0.25, 0.3) is 0 Å². The van der Waals surface area contributed by atoms with Crippen molar-refractivity contribution in [3.05, 3.63) is 114 Å². The summed E-state index contributed by atoms with van der Waals surface area (Å²) in [6.45, 7) is 11.8. The van der Waals surface area contributed by atoms with Crippen molar-refractivity contribution in [2.24, 2.45) is 10.8 Å². The normalized spacial score (nSPS) is 15.1. The monoisotopic (exact) mass is 586 g/mol. The molecular formula is C32H34O3Sn. The third-order valence-corrected chi connectivity index (χ3v) is 17.8. The minimum atomic E-state index is -4.33. The van der Waals surface area contributed by atoms with E-state index in [1.54, 1.807) is 0 Å². The molecule has 4 heteroatoms. The van der Waals surface area contributed by atoms with Crippen molar-refractivity contribution < 1.29 is 12.7 Å². The van der Waals surface area contributed by atoms with Gasteiger partial charge in [-0.1, -0.05) is 0 Å². The second-order valence-electron chi connectivity index (χ2n) is 11.3. The van der Waals surface area contributed by atoms with Gasteiger partial charge in [-0.05, 0) is 0 Å². The van der Waals surface area contributed by atoms with Crippen LogP contribution in [0.15, 0.2) is 114 Å². The van der Waals surface area contributed by atoms with Crippen LogP contribution in [0.1, 0.15) is 41.5 Å². The second kappa shape index (κ2) is 9.85. The van der Waals surface area contributed by atoms with Crippen molar-refractivity contribution in [1.82, 2.24) is 0 Å². The van der Waals surface area contributed by atoms with Gasteiger partial charge in [0.2, 0.25) is 0 Å². The number of allylic oxidation sites excluding steroid dienone is 3. The van der Waals surface area contributed by atoms with Gasteiger partial charge in [0.15, 0.2) is 0 Å². The van der Waals surface area contributed by atoms with Gasteiger partial charge in [-0.15, -0.1) is 0 Å². The van der Waals surface area contributed by atoms with Crippen LogP contribution in [0.2, 0.25) is 0 Å². The molecule has 1 aliphatic rings. The van der Waals surface area contributed by atoms with Crippen molar-refractivity contribution in [2.45, 2.75) is 41.5 Å². The van der Waals surface area contributed by atoms with E-state index < -0.39 is 29.6 Å². The number of ketones is 2. The number of Topliss-reactive ketones (excluding diaryl/α,β-unsaturated/α-hetero) is 1. The molecule has 4 rings (SSSR count). The summed E-state index contributed by atoms with van der Waals surface area (Å²) in [7, 11) is 0. The fourth-order valence-electron chi connectivity index (χ4n) is 4.83. The summed E-state index contributed by atoms with van der Waals surface area (Å²) in [6, 6.07) is 30.7. The third kappa shape index (κ3) is 4.86. The Morgan fingerprint density at radius 2 is 0.972 bits per heavy atom. The molecule has 0 N–H and O–H groups in total. The fraction of sp³-hybridized carbons (Fsp3) is 0.250. The van der Waals surface area contributed by atoms with E-state index in [4.69, 9.17) is 3.07 Å². The Labute approximate surface area is 219 Å². The van der Waals surface area contributed by atoms with Crippen LogP contribution in [-0.4, -0.2) is 30.4 Å². The van der Waals surface area contributed by atoms with Crippen molar-refractivity contribution in [3.63, 3.8) is 0 Å². The van der Waals surface area contributed by atoms with Crippen LogP contribution in [0.25, 0.3) is 0 Å². The molecule has 0 fully saturated rings. The average molecular weight is 585 g/mol. The van der Waals surface area contributed by atoms with Crippen molar-refractivity contribution in [1.29, 1.82) is 0 Å². The van der Waals surface area contributed by atoms with Gasteiger partial charge in [0, 0.05) is 0 Å². The predicted molar refractivity (Wildman–Crippen MR) is 149 cm³/mol. The molecule has 0 saturated carbocycles. The van der Waals surface area contributed by atoms with E-state index in [0.29, 0.717) is 11.1 Å². The molecule has 0 amide bonds. The Kier molecular flexibility index (Phi) is 7.16. The first kappa shape index (κ1) is 26.2. The molecule has 3 nitrogen and oxygen atoms in total. The van der Waals surface area contributed by atoms with Crippen LogP contribution in [-0.2, 0) is 12.7 Å². The Morgan fingerprint density at radius 1 is 0.583 bits per heavy atom. The molecule has 0 aromatic heterocycles. The van der Waals surface area contributed by atoms with Crippen LogP contribution in [0.3, 0.4) is 0 Å². The molecule has 36 heavy (non-hydrogen) atoms. The number of carbonyl (C=O) groups excluding carboxylic acids is 2. The Balaban J connectivity index is 2.08. The molecule has 3 aromatic rings. The van der Waals surface area contributed by atoms with Crippen LogP contribution in [0.5, 0.6) is 0 Å². The quantitative estimate of drug-likeness (QED) is 0.310. The summed E-state index contributed by atoms with van der Waals surface area (Å²) in [4.78, 5) is 27.8. The van der Waals surface area contributed by atoms with Gasteiger partial charge in [-0.2, -0.15) is 0 Å². The van der Waals surface area contributed by atoms with Gasteiger partial charge in [0.1, 0.15) is 0 Å². The summed E-state index contributed by atoms with van der Waals surface area (Å²) in [5.41, 5.74) is -0.118. The zero-order valence-electron chi connectivity index (χ0n) is 22.0. The molecule has 0 heterocycles. The van der Waals surface area contributed by atoms with Gasteiger partial charge in [0.05, 0.1) is 0 Å². The predicted octanol–water partition coefficient (Wildman–Crippen LogP) is 5.09. The molecule has 0 aliphatic heterocycles. The molecule has 0 saturated heterocycles. The maximum absolute atomic E-state index is 14.2. The molecule has 1 aliphatic carbocycles. The summed E-state index contributed by atoms with van der Waals surface area (Å²) >= 11 is -4.33. The molecular weight excluding hydrogens is 551 g/mol. The molecule has 3 aromatic carbocycles. The summed E-state index contributed by atoms with van der Waals surface area (Å²) in [6.07, 6.45) is 1.53. The first-order valence-electron chi connectivity index (χ1n) is 12.4. The van der Waals surface area contributed by atoms with E-state index in [1.165, 1.54) is 6.08 Å². The first-order chi connectivity index (χ1) is 17.0.